The average molecular weight is 838 g/mol. The molecule has 0 amide bonds. The number of fused-ring (bicyclic) bond motifs is 15. The van der Waals surface area contributed by atoms with Gasteiger partial charge in [-0.05, 0) is 108 Å². The van der Waals surface area contributed by atoms with Gasteiger partial charge in [0.2, 0.25) is 0 Å². The van der Waals surface area contributed by atoms with E-state index >= 15 is 0 Å². The van der Waals surface area contributed by atoms with Crippen molar-refractivity contribution in [2.75, 3.05) is 0 Å². The lowest BCUT2D eigenvalue weighted by Crippen LogP contribution is -2.25. The van der Waals surface area contributed by atoms with Gasteiger partial charge < -0.3 is 4.57 Å². The minimum Gasteiger partial charge on any atom is -0.308 e. The molecule has 0 aliphatic heterocycles. The van der Waals surface area contributed by atoms with E-state index in [4.69, 9.17) is 0 Å². The zero-order valence-corrected chi connectivity index (χ0v) is 36.3. The fourth-order valence-corrected chi connectivity index (χ4v) is 12.3. The van der Waals surface area contributed by atoms with Crippen molar-refractivity contribution >= 4 is 43.4 Å². The van der Waals surface area contributed by atoms with Gasteiger partial charge in [-0.25, -0.2) is 0 Å². The maximum atomic E-state index is 2.57. The van der Waals surface area contributed by atoms with Crippen molar-refractivity contribution in [2.24, 2.45) is 0 Å². The number of hydrogen-bond donors (Lipinski definition) is 0. The quantitative estimate of drug-likeness (QED) is 0.147. The molecule has 1 unspecified atom stereocenters. The predicted molar refractivity (Wildman–Crippen MR) is 276 cm³/mol. The van der Waals surface area contributed by atoms with Gasteiger partial charge in [-0.1, -0.05) is 224 Å². The van der Waals surface area contributed by atoms with E-state index in [0.29, 0.717) is 0 Å². The van der Waals surface area contributed by atoms with Crippen LogP contribution < -0.4 is 0 Å². The molecule has 1 heterocycles. The van der Waals surface area contributed by atoms with Crippen LogP contribution in [0.4, 0.5) is 0 Å². The third kappa shape index (κ3) is 5.17. The molecule has 0 bridgehead atoms. The standard InChI is InChI=1S/C65H43N/c1-3-19-42(20-4-1)39-55(43-21-5-2-6-22-43)44-35-37-50-49-26-14-18-34-61(49)66(62(50)41-44)64-53-29-9-7-27-51(53)63(52-28-8-10-30-54(52)64)45-36-38-60-56(40-45)48-25-13-17-33-59(48)65(60)57-31-15-11-23-46(57)47-24-12-16-32-58(47)65/h1-38,40-41,55H,39H2. The van der Waals surface area contributed by atoms with Crippen LogP contribution >= 0.6 is 0 Å². The fourth-order valence-electron chi connectivity index (χ4n) is 12.3. The highest BCUT2D eigenvalue weighted by Gasteiger charge is 2.51. The molecule has 2 aliphatic rings. The van der Waals surface area contributed by atoms with E-state index in [-0.39, 0.29) is 11.3 Å². The zero-order valence-electron chi connectivity index (χ0n) is 36.3. The molecule has 1 spiro atoms. The Morgan fingerprint density at radius 2 is 0.818 bits per heavy atom. The molecule has 1 heteroatoms. The van der Waals surface area contributed by atoms with E-state index in [1.54, 1.807) is 0 Å². The Morgan fingerprint density at radius 1 is 0.333 bits per heavy atom. The molecule has 14 rings (SSSR count). The van der Waals surface area contributed by atoms with Crippen LogP contribution in [0.5, 0.6) is 0 Å². The summed E-state index contributed by atoms with van der Waals surface area (Å²) in [5, 5.41) is 7.49. The summed E-state index contributed by atoms with van der Waals surface area (Å²) in [4.78, 5) is 0. The molecule has 1 atom stereocenters. The Labute approximate surface area is 384 Å². The number of benzene rings is 11. The van der Waals surface area contributed by atoms with Crippen LogP contribution in [0, 0.1) is 0 Å². The smallest absolute Gasteiger partial charge is 0.0725 e. The maximum absolute atomic E-state index is 2.57. The van der Waals surface area contributed by atoms with Gasteiger partial charge in [0.15, 0.2) is 0 Å². The summed E-state index contributed by atoms with van der Waals surface area (Å²) >= 11 is 0. The van der Waals surface area contributed by atoms with Gasteiger partial charge in [0.05, 0.1) is 22.1 Å². The molecule has 0 N–H and O–H groups in total. The summed E-state index contributed by atoms with van der Waals surface area (Å²) in [5.41, 5.74) is 20.5. The van der Waals surface area contributed by atoms with Crippen molar-refractivity contribution in [3.63, 3.8) is 0 Å². The average Bonchev–Trinajstić information content (AvgIpc) is 3.99. The van der Waals surface area contributed by atoms with Crippen molar-refractivity contribution in [3.05, 3.63) is 282 Å². The largest absolute Gasteiger partial charge is 0.308 e. The van der Waals surface area contributed by atoms with Crippen LogP contribution in [-0.2, 0) is 11.8 Å². The zero-order chi connectivity index (χ0) is 43.3. The van der Waals surface area contributed by atoms with Crippen LogP contribution in [0.25, 0.3) is 82.4 Å². The topological polar surface area (TPSA) is 4.93 Å². The molecular formula is C65H43N. The van der Waals surface area contributed by atoms with Gasteiger partial charge in [0.1, 0.15) is 0 Å². The number of rotatable bonds is 6. The van der Waals surface area contributed by atoms with Crippen molar-refractivity contribution in [2.45, 2.75) is 17.8 Å². The minimum atomic E-state index is -0.373. The summed E-state index contributed by atoms with van der Waals surface area (Å²) in [6.45, 7) is 0. The van der Waals surface area contributed by atoms with Gasteiger partial charge in [-0.15, -0.1) is 0 Å². The third-order valence-corrected chi connectivity index (χ3v) is 15.0. The first-order chi connectivity index (χ1) is 32.8. The molecule has 12 aromatic rings. The fraction of sp³-hybridized carbons (Fsp3) is 0.0462. The SMILES string of the molecule is c1ccc(CC(c2ccccc2)c2ccc3c4ccccc4n(-c4c5ccccc5c(-c5ccc6c(c5)-c5ccccc5C65c6ccccc6-c6ccccc65)c5ccccc45)c3c2)cc1. The van der Waals surface area contributed by atoms with Crippen LogP contribution in [0.3, 0.4) is 0 Å². The van der Waals surface area contributed by atoms with E-state index in [2.05, 4.69) is 247 Å². The van der Waals surface area contributed by atoms with E-state index in [1.165, 1.54) is 121 Å². The van der Waals surface area contributed by atoms with Gasteiger partial charge in [0, 0.05) is 27.5 Å². The minimum absolute atomic E-state index is 0.190. The second-order valence-electron chi connectivity index (χ2n) is 18.2. The van der Waals surface area contributed by atoms with Crippen molar-refractivity contribution in [3.8, 4) is 39.1 Å². The molecule has 1 aromatic heterocycles. The lowest BCUT2D eigenvalue weighted by Gasteiger charge is -2.30. The molecule has 1 nitrogen and oxygen atoms in total. The van der Waals surface area contributed by atoms with E-state index in [1.807, 2.05) is 0 Å². The maximum Gasteiger partial charge on any atom is 0.0725 e. The summed E-state index contributed by atoms with van der Waals surface area (Å²) in [7, 11) is 0. The molecule has 0 saturated carbocycles. The number of hydrogen-bond acceptors (Lipinski definition) is 0. The number of nitrogens with zero attached hydrogens (tertiary/aromatic N) is 1. The van der Waals surface area contributed by atoms with Crippen LogP contribution in [0.1, 0.15) is 44.9 Å². The van der Waals surface area contributed by atoms with Gasteiger partial charge >= 0.3 is 0 Å². The molecule has 11 aromatic carbocycles. The molecule has 308 valence electrons. The molecule has 66 heavy (non-hydrogen) atoms. The molecule has 0 fully saturated rings. The first kappa shape index (κ1) is 37.1. The lowest BCUT2D eigenvalue weighted by molar-refractivity contribution is 0.794. The summed E-state index contributed by atoms with van der Waals surface area (Å²) in [6.07, 6.45) is 0.919. The Hall–Kier alpha value is -8.26. The Kier molecular flexibility index (Phi) is 8.09. The van der Waals surface area contributed by atoms with Gasteiger partial charge in [0.25, 0.3) is 0 Å². The van der Waals surface area contributed by atoms with Crippen molar-refractivity contribution in [1.29, 1.82) is 0 Å². The molecule has 0 radical (unpaired) electrons. The second kappa shape index (κ2) is 14.4. The van der Waals surface area contributed by atoms with Crippen LogP contribution in [0.2, 0.25) is 0 Å². The first-order valence-electron chi connectivity index (χ1n) is 23.3. The third-order valence-electron chi connectivity index (χ3n) is 15.0. The number of aromatic nitrogens is 1. The summed E-state index contributed by atoms with van der Waals surface area (Å²) in [5.74, 6) is 0.190. The second-order valence-corrected chi connectivity index (χ2v) is 18.2. The highest BCUT2D eigenvalue weighted by molar-refractivity contribution is 6.21. The van der Waals surface area contributed by atoms with Crippen LogP contribution in [0.15, 0.2) is 243 Å². The van der Waals surface area contributed by atoms with Gasteiger partial charge in [-0.2, -0.15) is 0 Å². The van der Waals surface area contributed by atoms with E-state index < -0.39 is 0 Å². The summed E-state index contributed by atoms with van der Waals surface area (Å²) < 4.78 is 2.57. The van der Waals surface area contributed by atoms with Crippen molar-refractivity contribution < 1.29 is 0 Å². The van der Waals surface area contributed by atoms with Crippen LogP contribution in [-0.4, -0.2) is 4.57 Å². The molecule has 2 aliphatic carbocycles. The predicted octanol–water partition coefficient (Wildman–Crippen LogP) is 16.5. The lowest BCUT2D eigenvalue weighted by atomic mass is 9.70. The Bertz CT molecular complexity index is 3810. The van der Waals surface area contributed by atoms with Gasteiger partial charge in [-0.3, -0.25) is 0 Å². The Balaban J connectivity index is 1.02. The first-order valence-corrected chi connectivity index (χ1v) is 23.3. The normalized spacial score (nSPS) is 13.6. The van der Waals surface area contributed by atoms with E-state index in [0.717, 1.165) is 6.42 Å². The summed E-state index contributed by atoms with van der Waals surface area (Å²) in [6, 6.07) is 91.1. The van der Waals surface area contributed by atoms with Crippen molar-refractivity contribution in [1.82, 2.24) is 4.57 Å². The Morgan fingerprint density at radius 3 is 1.45 bits per heavy atom. The van der Waals surface area contributed by atoms with E-state index in [9.17, 15) is 0 Å². The molecule has 0 saturated heterocycles. The number of para-hydroxylation sites is 1. The highest BCUT2D eigenvalue weighted by Crippen LogP contribution is 2.63. The molecular weight excluding hydrogens is 795 g/mol. The monoisotopic (exact) mass is 837 g/mol. The highest BCUT2D eigenvalue weighted by atomic mass is 15.0.